The zero-order chi connectivity index (χ0) is 18.8. The highest BCUT2D eigenvalue weighted by Gasteiger charge is 2.41. The lowest BCUT2D eigenvalue weighted by atomic mass is 9.89. The number of hydrogen-bond donors (Lipinski definition) is 1. The Morgan fingerprint density at radius 2 is 2.00 bits per heavy atom. The van der Waals surface area contributed by atoms with Crippen molar-refractivity contribution < 1.29 is 18.7 Å². The molecule has 140 valence electrons. The van der Waals surface area contributed by atoms with Gasteiger partial charge in [-0.15, -0.1) is 0 Å². The predicted molar refractivity (Wildman–Crippen MR) is 101 cm³/mol. The minimum atomic E-state index is -1.86. The van der Waals surface area contributed by atoms with Crippen molar-refractivity contribution in [3.05, 3.63) is 35.6 Å². The van der Waals surface area contributed by atoms with Crippen molar-refractivity contribution in [3.8, 4) is 0 Å². The quantitative estimate of drug-likeness (QED) is 0.683. The van der Waals surface area contributed by atoms with Crippen molar-refractivity contribution in [1.82, 2.24) is 0 Å². The van der Waals surface area contributed by atoms with Crippen LogP contribution in [-0.4, -0.2) is 26.0 Å². The molecule has 1 N–H and O–H groups in total. The maximum Gasteiger partial charge on any atom is 0.303 e. The fourth-order valence-electron chi connectivity index (χ4n) is 3.52. The van der Waals surface area contributed by atoms with Gasteiger partial charge in [0.2, 0.25) is 0 Å². The van der Waals surface area contributed by atoms with Crippen LogP contribution in [0.25, 0.3) is 0 Å². The van der Waals surface area contributed by atoms with E-state index in [0.29, 0.717) is 6.61 Å². The molecule has 0 bridgehead atoms. The van der Waals surface area contributed by atoms with Crippen molar-refractivity contribution in [1.29, 1.82) is 0 Å². The van der Waals surface area contributed by atoms with Crippen LogP contribution in [0.5, 0.6) is 0 Å². The molecule has 0 saturated heterocycles. The zero-order valence-electron chi connectivity index (χ0n) is 16.0. The lowest BCUT2D eigenvalue weighted by molar-refractivity contribution is -0.138. The largest absolute Gasteiger partial charge is 0.481 e. The van der Waals surface area contributed by atoms with Gasteiger partial charge in [-0.25, -0.2) is 4.39 Å². The second-order valence-electron chi connectivity index (χ2n) is 8.93. The van der Waals surface area contributed by atoms with E-state index >= 15 is 0 Å². The number of aliphatic carboxylic acids is 1. The van der Waals surface area contributed by atoms with Crippen molar-refractivity contribution in [2.45, 2.75) is 64.1 Å². The second kappa shape index (κ2) is 7.58. The molecule has 3 nitrogen and oxygen atoms in total. The van der Waals surface area contributed by atoms with Crippen LogP contribution in [0.15, 0.2) is 24.3 Å². The molecule has 0 radical (unpaired) electrons. The Hall–Kier alpha value is -1.20. The second-order valence-corrected chi connectivity index (χ2v) is 13.7. The number of halogens is 1. The van der Waals surface area contributed by atoms with Gasteiger partial charge in [0, 0.05) is 13.0 Å². The van der Waals surface area contributed by atoms with E-state index in [1.807, 2.05) is 6.07 Å². The van der Waals surface area contributed by atoms with Crippen LogP contribution in [0.4, 0.5) is 4.39 Å². The normalized spacial score (nSPS) is 24.5. The lowest BCUT2D eigenvalue weighted by Gasteiger charge is -2.37. The van der Waals surface area contributed by atoms with E-state index in [1.165, 1.54) is 6.07 Å². The fraction of sp³-hybridized carbons (Fsp3) is 0.650. The third-order valence-electron chi connectivity index (χ3n) is 6.00. The molecule has 0 spiro atoms. The Bertz CT molecular complexity index is 609. The highest BCUT2D eigenvalue weighted by Crippen LogP contribution is 2.46. The highest BCUT2D eigenvalue weighted by molar-refractivity contribution is 6.74. The molecular weight excluding hydrogens is 335 g/mol. The Labute approximate surface area is 151 Å². The topological polar surface area (TPSA) is 46.5 Å². The van der Waals surface area contributed by atoms with Crippen molar-refractivity contribution in [2.24, 2.45) is 11.8 Å². The molecule has 25 heavy (non-hydrogen) atoms. The van der Waals surface area contributed by atoms with Gasteiger partial charge in [-0.1, -0.05) is 32.9 Å². The molecule has 5 heteroatoms. The third-order valence-corrected chi connectivity index (χ3v) is 10.5. The molecule has 0 aliphatic heterocycles. The van der Waals surface area contributed by atoms with Gasteiger partial charge in [-0.2, -0.15) is 0 Å². The fourth-order valence-corrected chi connectivity index (χ4v) is 4.58. The Kier molecular flexibility index (Phi) is 6.10. The van der Waals surface area contributed by atoms with Crippen LogP contribution < -0.4 is 0 Å². The van der Waals surface area contributed by atoms with Crippen molar-refractivity contribution >= 4 is 14.3 Å². The summed E-state index contributed by atoms with van der Waals surface area (Å²) in [4.78, 5) is 11.1. The van der Waals surface area contributed by atoms with Crippen molar-refractivity contribution in [3.63, 3.8) is 0 Å². The van der Waals surface area contributed by atoms with Crippen molar-refractivity contribution in [2.75, 3.05) is 6.61 Å². The Morgan fingerprint density at radius 3 is 2.56 bits per heavy atom. The van der Waals surface area contributed by atoms with Gasteiger partial charge in [-0.3, -0.25) is 4.79 Å². The first-order chi connectivity index (χ1) is 11.5. The van der Waals surface area contributed by atoms with Gasteiger partial charge in [0.15, 0.2) is 8.32 Å². The van der Waals surface area contributed by atoms with Gasteiger partial charge in [0.05, 0.1) is 0 Å². The molecule has 1 aromatic rings. The molecule has 3 atom stereocenters. The first kappa shape index (κ1) is 20.1. The standard InChI is InChI=1S/C20H31FO3Si/c1-20(2,3)25(4,5)24-13-16-9-14(11-19(22)23)10-18(16)15-7-6-8-17(21)12-15/h6-8,12,14,16,18H,9-11,13H2,1-5H3,(H,22,23)/t14?,16-,18-/m1/s1. The predicted octanol–water partition coefficient (Wildman–Crippen LogP) is 5.43. The monoisotopic (exact) mass is 366 g/mol. The lowest BCUT2D eigenvalue weighted by Crippen LogP contribution is -2.42. The van der Waals surface area contributed by atoms with E-state index in [-0.39, 0.29) is 35.0 Å². The summed E-state index contributed by atoms with van der Waals surface area (Å²) in [6.45, 7) is 11.7. The highest BCUT2D eigenvalue weighted by atomic mass is 28.4. The number of carbonyl (C=O) groups is 1. The van der Waals surface area contributed by atoms with Crippen LogP contribution in [0.1, 0.15) is 51.5 Å². The number of carboxylic acids is 1. The Balaban J connectivity index is 2.15. The number of benzene rings is 1. The molecule has 1 fully saturated rings. The first-order valence-corrected chi connectivity index (χ1v) is 12.0. The molecule has 1 unspecified atom stereocenters. The first-order valence-electron chi connectivity index (χ1n) is 9.11. The molecule has 1 aromatic carbocycles. The molecule has 0 amide bonds. The SMILES string of the molecule is CC(C)(C)[Si](C)(C)OC[C@H]1CC(CC(=O)O)C[C@@H]1c1cccc(F)c1. The summed E-state index contributed by atoms with van der Waals surface area (Å²) >= 11 is 0. The minimum absolute atomic E-state index is 0.138. The molecule has 1 saturated carbocycles. The maximum absolute atomic E-state index is 13.7. The molecular formula is C20H31FO3Si. The van der Waals surface area contributed by atoms with E-state index in [2.05, 4.69) is 33.9 Å². The summed E-state index contributed by atoms with van der Waals surface area (Å²) in [6.07, 6.45) is 1.81. The van der Waals surface area contributed by atoms with Gasteiger partial charge in [0.1, 0.15) is 5.82 Å². The molecule has 1 aliphatic rings. The van der Waals surface area contributed by atoms with Crippen LogP contribution in [0.3, 0.4) is 0 Å². The third kappa shape index (κ3) is 5.14. The van der Waals surface area contributed by atoms with Crippen LogP contribution >= 0.6 is 0 Å². The van der Waals surface area contributed by atoms with Gasteiger partial charge >= 0.3 is 5.97 Å². The summed E-state index contributed by atoms with van der Waals surface area (Å²) in [6, 6.07) is 6.73. The molecule has 2 rings (SSSR count). The molecule has 0 heterocycles. The summed E-state index contributed by atoms with van der Waals surface area (Å²) < 4.78 is 20.1. The van der Waals surface area contributed by atoms with E-state index in [9.17, 15) is 9.18 Å². The number of hydrogen-bond acceptors (Lipinski definition) is 2. The minimum Gasteiger partial charge on any atom is -0.481 e. The summed E-state index contributed by atoms with van der Waals surface area (Å²) in [5, 5.41) is 9.28. The van der Waals surface area contributed by atoms with E-state index in [0.717, 1.165) is 18.4 Å². The molecule has 1 aliphatic carbocycles. The van der Waals surface area contributed by atoms with Crippen LogP contribution in [0, 0.1) is 17.7 Å². The Morgan fingerprint density at radius 1 is 1.32 bits per heavy atom. The number of carboxylic acid groups (broad SMARTS) is 1. The number of rotatable bonds is 6. The smallest absolute Gasteiger partial charge is 0.303 e. The summed E-state index contributed by atoms with van der Waals surface area (Å²) in [7, 11) is -1.86. The summed E-state index contributed by atoms with van der Waals surface area (Å²) in [5.74, 6) is -0.430. The maximum atomic E-state index is 13.7. The van der Waals surface area contributed by atoms with E-state index in [4.69, 9.17) is 9.53 Å². The van der Waals surface area contributed by atoms with Gasteiger partial charge < -0.3 is 9.53 Å². The summed E-state index contributed by atoms with van der Waals surface area (Å²) in [5.41, 5.74) is 0.969. The van der Waals surface area contributed by atoms with Gasteiger partial charge in [-0.05, 0) is 66.4 Å². The average molecular weight is 367 g/mol. The molecule has 0 aromatic heterocycles. The van der Waals surface area contributed by atoms with Crippen LogP contribution in [0.2, 0.25) is 18.1 Å². The zero-order valence-corrected chi connectivity index (χ0v) is 17.0. The average Bonchev–Trinajstić information content (AvgIpc) is 2.86. The van der Waals surface area contributed by atoms with E-state index in [1.54, 1.807) is 12.1 Å². The van der Waals surface area contributed by atoms with E-state index < -0.39 is 14.3 Å². The van der Waals surface area contributed by atoms with Gasteiger partial charge in [0.25, 0.3) is 0 Å². The van der Waals surface area contributed by atoms with Crippen LogP contribution in [-0.2, 0) is 9.22 Å².